The minimum Gasteiger partial charge on any atom is -0.444 e. The van der Waals surface area contributed by atoms with E-state index in [1.807, 2.05) is 20.8 Å². The van der Waals surface area contributed by atoms with E-state index in [1.54, 1.807) is 6.08 Å². The highest BCUT2D eigenvalue weighted by molar-refractivity contribution is 6.08. The number of nitrogens with zero attached hydrogens (tertiary/aromatic N) is 2. The molecule has 0 saturated heterocycles. The number of hydrogen-bond acceptors (Lipinski definition) is 4. The van der Waals surface area contributed by atoms with Gasteiger partial charge in [-0.25, -0.2) is 14.0 Å². The summed E-state index contributed by atoms with van der Waals surface area (Å²) in [5.74, 6) is 0.661. The standard InChI is InChI=1S/C22H35FN4O3/c1-22(2,3)30-21(29)26-17-10-8-14(9-11-17)18-12-15(23)13-27(20(24)28)19(18)25-16-6-4-5-7-16/h12,14-17H,4-11,13H2,1-3H3,(H2,24,28)(H,26,29). The maximum atomic E-state index is 14.4. The quantitative estimate of drug-likeness (QED) is 0.717. The molecule has 1 atom stereocenters. The smallest absolute Gasteiger partial charge is 0.407 e. The number of carbonyl (C=O) groups is 2. The monoisotopic (exact) mass is 422 g/mol. The second-order valence-electron chi connectivity index (χ2n) is 9.67. The van der Waals surface area contributed by atoms with E-state index >= 15 is 0 Å². The van der Waals surface area contributed by atoms with Crippen LogP contribution in [0.1, 0.15) is 72.1 Å². The lowest BCUT2D eigenvalue weighted by atomic mass is 9.79. The zero-order valence-corrected chi connectivity index (χ0v) is 18.3. The van der Waals surface area contributed by atoms with Crippen molar-refractivity contribution in [2.75, 3.05) is 6.54 Å². The number of rotatable bonds is 3. The molecule has 3 amide bonds. The van der Waals surface area contributed by atoms with Gasteiger partial charge >= 0.3 is 12.1 Å². The van der Waals surface area contributed by atoms with Gasteiger partial charge in [-0.3, -0.25) is 9.89 Å². The third-order valence-corrected chi connectivity index (χ3v) is 6.01. The predicted octanol–water partition coefficient (Wildman–Crippen LogP) is 4.07. The third-order valence-electron chi connectivity index (χ3n) is 6.01. The van der Waals surface area contributed by atoms with Crippen molar-refractivity contribution in [1.29, 1.82) is 0 Å². The number of ether oxygens (including phenoxy) is 1. The van der Waals surface area contributed by atoms with Gasteiger partial charge in [-0.2, -0.15) is 0 Å². The van der Waals surface area contributed by atoms with Crippen LogP contribution in [0.15, 0.2) is 16.6 Å². The van der Waals surface area contributed by atoms with Gasteiger partial charge in [-0.15, -0.1) is 0 Å². The number of alkyl carbamates (subject to hydrolysis) is 1. The van der Waals surface area contributed by atoms with Crippen LogP contribution >= 0.6 is 0 Å². The van der Waals surface area contributed by atoms with E-state index in [0.717, 1.165) is 56.9 Å². The van der Waals surface area contributed by atoms with Gasteiger partial charge in [0.05, 0.1) is 12.6 Å². The van der Waals surface area contributed by atoms with Gasteiger partial charge in [0.2, 0.25) is 0 Å². The van der Waals surface area contributed by atoms with Gasteiger partial charge in [-0.05, 0) is 76.9 Å². The molecule has 3 N–H and O–H groups in total. The van der Waals surface area contributed by atoms with Crippen LogP contribution < -0.4 is 11.1 Å². The van der Waals surface area contributed by atoms with Crippen molar-refractivity contribution in [2.45, 2.75) is 96.0 Å². The molecule has 8 heteroatoms. The van der Waals surface area contributed by atoms with Crippen LogP contribution in [0.25, 0.3) is 0 Å². The molecule has 2 fully saturated rings. The highest BCUT2D eigenvalue weighted by Crippen LogP contribution is 2.35. The van der Waals surface area contributed by atoms with Crippen molar-refractivity contribution in [3.8, 4) is 0 Å². The molecule has 1 unspecified atom stereocenters. The molecule has 2 saturated carbocycles. The summed E-state index contributed by atoms with van der Waals surface area (Å²) in [6.07, 6.45) is 7.34. The van der Waals surface area contributed by atoms with Crippen molar-refractivity contribution >= 4 is 18.0 Å². The van der Waals surface area contributed by atoms with Gasteiger partial charge in [0.15, 0.2) is 0 Å². The highest BCUT2D eigenvalue weighted by atomic mass is 19.1. The highest BCUT2D eigenvalue weighted by Gasteiger charge is 2.36. The lowest BCUT2D eigenvalue weighted by Gasteiger charge is -2.36. The van der Waals surface area contributed by atoms with E-state index in [2.05, 4.69) is 5.32 Å². The Morgan fingerprint density at radius 3 is 2.37 bits per heavy atom. The zero-order chi connectivity index (χ0) is 21.9. The van der Waals surface area contributed by atoms with E-state index in [0.29, 0.717) is 5.84 Å². The van der Waals surface area contributed by atoms with Gasteiger partial charge in [-0.1, -0.05) is 12.8 Å². The maximum Gasteiger partial charge on any atom is 0.407 e. The summed E-state index contributed by atoms with van der Waals surface area (Å²) in [7, 11) is 0. The molecule has 30 heavy (non-hydrogen) atoms. The molecule has 7 nitrogen and oxygen atoms in total. The fraction of sp³-hybridized carbons (Fsp3) is 0.773. The fourth-order valence-corrected chi connectivity index (χ4v) is 4.63. The molecule has 168 valence electrons. The lowest BCUT2D eigenvalue weighted by molar-refractivity contribution is 0.0489. The molecular formula is C22H35FN4O3. The first-order chi connectivity index (χ1) is 14.1. The van der Waals surface area contributed by atoms with Gasteiger partial charge in [0.1, 0.15) is 17.6 Å². The molecule has 3 aliphatic rings. The minimum atomic E-state index is -1.24. The lowest BCUT2D eigenvalue weighted by Crippen LogP contribution is -2.49. The van der Waals surface area contributed by atoms with E-state index in [-0.39, 0.29) is 24.5 Å². The van der Waals surface area contributed by atoms with Crippen LogP contribution in [0.3, 0.4) is 0 Å². The average Bonchev–Trinajstić information content (AvgIpc) is 3.15. The van der Waals surface area contributed by atoms with E-state index in [9.17, 15) is 14.0 Å². The van der Waals surface area contributed by atoms with Crippen LogP contribution in [-0.2, 0) is 4.74 Å². The van der Waals surface area contributed by atoms with E-state index < -0.39 is 23.9 Å². The Hall–Kier alpha value is -2.12. The van der Waals surface area contributed by atoms with Crippen LogP contribution in [0, 0.1) is 5.92 Å². The van der Waals surface area contributed by atoms with Gasteiger partial charge in [0.25, 0.3) is 0 Å². The zero-order valence-electron chi connectivity index (χ0n) is 18.3. The van der Waals surface area contributed by atoms with Gasteiger partial charge in [0, 0.05) is 6.04 Å². The number of carbonyl (C=O) groups excluding carboxylic acids is 2. The van der Waals surface area contributed by atoms with Crippen LogP contribution in [-0.4, -0.2) is 53.3 Å². The molecule has 0 spiro atoms. The molecule has 1 aliphatic heterocycles. The summed E-state index contributed by atoms with van der Waals surface area (Å²) in [4.78, 5) is 30.2. The average molecular weight is 423 g/mol. The molecule has 1 heterocycles. The van der Waals surface area contributed by atoms with E-state index in [4.69, 9.17) is 15.5 Å². The SMILES string of the molecule is CC(C)(C)OC(=O)NC1CCC(C2=CC(F)CN(C(N)=O)C2=NC2CCCC2)CC1. The Labute approximate surface area is 178 Å². The second kappa shape index (κ2) is 9.35. The summed E-state index contributed by atoms with van der Waals surface area (Å²) >= 11 is 0. The number of halogens is 1. The molecule has 0 aromatic heterocycles. The van der Waals surface area contributed by atoms with Crippen molar-refractivity contribution < 1.29 is 18.7 Å². The topological polar surface area (TPSA) is 97.0 Å². The molecular weight excluding hydrogens is 387 g/mol. The number of aliphatic imine (C=N–C) groups is 1. The first kappa shape index (κ1) is 22.6. The summed E-state index contributed by atoms with van der Waals surface area (Å²) in [6.45, 7) is 5.44. The number of hydrogen-bond donors (Lipinski definition) is 2. The molecule has 0 bridgehead atoms. The fourth-order valence-electron chi connectivity index (χ4n) is 4.63. The third kappa shape index (κ3) is 5.95. The number of nitrogens with two attached hydrogens (primary N) is 1. The van der Waals surface area contributed by atoms with Crippen LogP contribution in [0.2, 0.25) is 0 Å². The summed E-state index contributed by atoms with van der Waals surface area (Å²) < 4.78 is 19.8. The molecule has 0 aromatic rings. The van der Waals surface area contributed by atoms with E-state index in [1.165, 1.54) is 4.90 Å². The first-order valence-corrected chi connectivity index (χ1v) is 11.1. The Balaban J connectivity index is 1.69. The maximum absolute atomic E-state index is 14.4. The normalized spacial score (nSPS) is 29.6. The Morgan fingerprint density at radius 2 is 1.80 bits per heavy atom. The van der Waals surface area contributed by atoms with Crippen LogP contribution in [0.5, 0.6) is 0 Å². The summed E-state index contributed by atoms with van der Waals surface area (Å²) in [5, 5.41) is 2.94. The largest absolute Gasteiger partial charge is 0.444 e. The van der Waals surface area contributed by atoms with Crippen molar-refractivity contribution in [3.05, 3.63) is 11.6 Å². The summed E-state index contributed by atoms with van der Waals surface area (Å²) in [6, 6.07) is -0.448. The van der Waals surface area contributed by atoms with Crippen molar-refractivity contribution in [3.63, 3.8) is 0 Å². The number of nitrogens with one attached hydrogen (secondary N) is 1. The molecule has 0 radical (unpaired) electrons. The molecule has 2 aliphatic carbocycles. The first-order valence-electron chi connectivity index (χ1n) is 11.1. The second-order valence-corrected chi connectivity index (χ2v) is 9.67. The number of primary amides is 1. The predicted molar refractivity (Wildman–Crippen MR) is 114 cm³/mol. The van der Waals surface area contributed by atoms with Crippen molar-refractivity contribution in [2.24, 2.45) is 16.6 Å². The molecule has 0 aromatic carbocycles. The number of urea groups is 1. The number of amides is 3. The Kier molecular flexibility index (Phi) is 7.03. The Morgan fingerprint density at radius 1 is 1.17 bits per heavy atom. The van der Waals surface area contributed by atoms with Crippen LogP contribution in [0.4, 0.5) is 14.0 Å². The number of alkyl halides is 1. The number of amidine groups is 1. The molecule has 3 rings (SSSR count). The van der Waals surface area contributed by atoms with Gasteiger partial charge < -0.3 is 15.8 Å². The van der Waals surface area contributed by atoms with Crippen molar-refractivity contribution in [1.82, 2.24) is 10.2 Å². The Bertz CT molecular complexity index is 702. The minimum absolute atomic E-state index is 0.0314. The summed E-state index contributed by atoms with van der Waals surface area (Å²) in [5.41, 5.74) is 5.83.